The van der Waals surface area contributed by atoms with Crippen molar-refractivity contribution >= 4 is 17.7 Å². The number of hydrogen-bond acceptors (Lipinski definition) is 4. The van der Waals surface area contributed by atoms with Crippen LogP contribution in [-0.4, -0.2) is 35.3 Å². The summed E-state index contributed by atoms with van der Waals surface area (Å²) in [4.78, 5) is 41.0. The maximum Gasteiger partial charge on any atom is 0.242 e. The van der Waals surface area contributed by atoms with E-state index in [1.165, 1.54) is 44.9 Å². The Hall–Kier alpha value is -2.44. The lowest BCUT2D eigenvalue weighted by Gasteiger charge is -2.20. The van der Waals surface area contributed by atoms with Gasteiger partial charge in [-0.1, -0.05) is 72.1 Å². The first kappa shape index (κ1) is 30.6. The number of carbonyl (C=O) groups is 3. The molecular formula is C28H48N4O3. The summed E-state index contributed by atoms with van der Waals surface area (Å²) >= 11 is 0. The number of aromatic nitrogens is 1. The van der Waals surface area contributed by atoms with Crippen molar-refractivity contribution in [2.24, 2.45) is 5.92 Å². The van der Waals surface area contributed by atoms with Crippen LogP contribution in [-0.2, 0) is 20.9 Å². The van der Waals surface area contributed by atoms with E-state index in [1.54, 1.807) is 12.4 Å². The van der Waals surface area contributed by atoms with Crippen LogP contribution in [0.4, 0.5) is 0 Å². The van der Waals surface area contributed by atoms with E-state index in [1.807, 2.05) is 26.0 Å². The summed E-state index contributed by atoms with van der Waals surface area (Å²) in [6.45, 7) is 7.19. The maximum absolute atomic E-state index is 12.7. The number of nitrogens with zero attached hydrogens (tertiary/aromatic N) is 1. The van der Waals surface area contributed by atoms with Crippen LogP contribution < -0.4 is 16.0 Å². The number of hydrogen-bond donors (Lipinski definition) is 3. The fourth-order valence-corrected chi connectivity index (χ4v) is 3.94. The Morgan fingerprint density at radius 2 is 1.40 bits per heavy atom. The molecule has 3 amide bonds. The second-order valence-corrected chi connectivity index (χ2v) is 9.85. The second kappa shape index (κ2) is 19.8. The molecule has 7 heteroatoms. The minimum atomic E-state index is -0.526. The number of unbranched alkanes of at least 4 members (excludes halogenated alkanes) is 8. The first-order chi connectivity index (χ1) is 16.9. The van der Waals surface area contributed by atoms with Crippen LogP contribution in [0.1, 0.15) is 110 Å². The minimum absolute atomic E-state index is 0.0516. The third-order valence-electron chi connectivity index (χ3n) is 5.99. The van der Waals surface area contributed by atoms with Gasteiger partial charge in [0.1, 0.15) is 6.04 Å². The Kier molecular flexibility index (Phi) is 17.3. The number of rotatable bonds is 20. The predicted octanol–water partition coefficient (Wildman–Crippen LogP) is 5.05. The molecular weight excluding hydrogens is 440 g/mol. The molecule has 0 aliphatic carbocycles. The van der Waals surface area contributed by atoms with Gasteiger partial charge in [0.05, 0.1) is 0 Å². The molecule has 198 valence electrons. The van der Waals surface area contributed by atoms with Gasteiger partial charge < -0.3 is 16.0 Å². The molecule has 0 saturated carbocycles. The largest absolute Gasteiger partial charge is 0.354 e. The minimum Gasteiger partial charge on any atom is -0.354 e. The van der Waals surface area contributed by atoms with Crippen LogP contribution in [0.15, 0.2) is 24.5 Å². The first-order valence-electron chi connectivity index (χ1n) is 13.6. The van der Waals surface area contributed by atoms with Gasteiger partial charge in [-0.3, -0.25) is 19.4 Å². The number of pyridine rings is 1. The van der Waals surface area contributed by atoms with Crippen LogP contribution in [0.2, 0.25) is 0 Å². The molecule has 3 N–H and O–H groups in total. The van der Waals surface area contributed by atoms with Gasteiger partial charge in [0.15, 0.2) is 0 Å². The summed E-state index contributed by atoms with van der Waals surface area (Å²) in [5.41, 5.74) is 0.997. The van der Waals surface area contributed by atoms with Crippen molar-refractivity contribution in [3.63, 3.8) is 0 Å². The van der Waals surface area contributed by atoms with Crippen molar-refractivity contribution in [1.29, 1.82) is 0 Å². The molecule has 35 heavy (non-hydrogen) atoms. The highest BCUT2D eigenvalue weighted by atomic mass is 16.2. The van der Waals surface area contributed by atoms with Crippen molar-refractivity contribution in [2.45, 2.75) is 117 Å². The van der Waals surface area contributed by atoms with Gasteiger partial charge >= 0.3 is 0 Å². The third-order valence-corrected chi connectivity index (χ3v) is 5.99. The van der Waals surface area contributed by atoms with Gasteiger partial charge in [0.25, 0.3) is 0 Å². The van der Waals surface area contributed by atoms with Gasteiger partial charge in [-0.05, 0) is 42.9 Å². The Balaban J connectivity index is 2.21. The standard InChI is InChI=1S/C28H48N4O3/c1-4-5-6-7-8-9-10-11-12-14-27(34)32-25(21-23(2)3)28(35)30-18-13-15-26(33)31-22-24-16-19-29-20-17-24/h16-17,19-20,23,25H,4-15,18,21-22H2,1-3H3,(H,30,35)(H,31,33)(H,32,34)/t25-/m0/s1. The quantitative estimate of drug-likeness (QED) is 0.224. The zero-order chi connectivity index (χ0) is 25.7. The Labute approximate surface area is 212 Å². The molecule has 0 aromatic carbocycles. The van der Waals surface area contributed by atoms with E-state index in [4.69, 9.17) is 0 Å². The van der Waals surface area contributed by atoms with Crippen LogP contribution >= 0.6 is 0 Å². The molecule has 0 bridgehead atoms. The molecule has 0 spiro atoms. The van der Waals surface area contributed by atoms with Crippen molar-refractivity contribution in [3.05, 3.63) is 30.1 Å². The molecule has 0 saturated heterocycles. The van der Waals surface area contributed by atoms with E-state index in [9.17, 15) is 14.4 Å². The smallest absolute Gasteiger partial charge is 0.242 e. The molecule has 0 aliphatic heterocycles. The number of nitrogens with one attached hydrogen (secondary N) is 3. The molecule has 0 unspecified atom stereocenters. The van der Waals surface area contributed by atoms with E-state index in [-0.39, 0.29) is 23.6 Å². The fourth-order valence-electron chi connectivity index (χ4n) is 3.94. The Morgan fingerprint density at radius 1 is 0.800 bits per heavy atom. The highest BCUT2D eigenvalue weighted by Crippen LogP contribution is 2.11. The highest BCUT2D eigenvalue weighted by molar-refractivity contribution is 5.87. The summed E-state index contributed by atoms with van der Waals surface area (Å²) in [7, 11) is 0. The lowest BCUT2D eigenvalue weighted by Crippen LogP contribution is -2.47. The lowest BCUT2D eigenvalue weighted by atomic mass is 10.0. The van der Waals surface area contributed by atoms with Gasteiger partial charge in [0, 0.05) is 38.3 Å². The topological polar surface area (TPSA) is 100 Å². The van der Waals surface area contributed by atoms with E-state index in [0.29, 0.717) is 38.8 Å². The van der Waals surface area contributed by atoms with Crippen molar-refractivity contribution in [1.82, 2.24) is 20.9 Å². The van der Waals surface area contributed by atoms with E-state index in [0.717, 1.165) is 18.4 Å². The molecule has 7 nitrogen and oxygen atoms in total. The molecule has 1 atom stereocenters. The van der Waals surface area contributed by atoms with Gasteiger partial charge in [0.2, 0.25) is 17.7 Å². The Morgan fingerprint density at radius 3 is 2.03 bits per heavy atom. The molecule has 1 aromatic heterocycles. The van der Waals surface area contributed by atoms with Gasteiger partial charge in [-0.2, -0.15) is 0 Å². The number of amides is 3. The van der Waals surface area contributed by atoms with Crippen molar-refractivity contribution < 1.29 is 14.4 Å². The zero-order valence-electron chi connectivity index (χ0n) is 22.2. The number of carbonyl (C=O) groups excluding carboxylic acids is 3. The third kappa shape index (κ3) is 16.8. The normalized spacial score (nSPS) is 11.8. The summed E-state index contributed by atoms with van der Waals surface area (Å²) in [5, 5.41) is 8.68. The van der Waals surface area contributed by atoms with E-state index in [2.05, 4.69) is 27.9 Å². The lowest BCUT2D eigenvalue weighted by molar-refractivity contribution is -0.129. The summed E-state index contributed by atoms with van der Waals surface area (Å²) < 4.78 is 0. The average Bonchev–Trinajstić information content (AvgIpc) is 2.84. The van der Waals surface area contributed by atoms with E-state index >= 15 is 0 Å². The molecule has 0 aliphatic rings. The van der Waals surface area contributed by atoms with Gasteiger partial charge in [-0.25, -0.2) is 0 Å². The molecule has 1 rings (SSSR count). The fraction of sp³-hybridized carbons (Fsp3) is 0.714. The molecule has 1 aromatic rings. The average molecular weight is 489 g/mol. The zero-order valence-corrected chi connectivity index (χ0v) is 22.2. The van der Waals surface area contributed by atoms with Crippen LogP contribution in [0.3, 0.4) is 0 Å². The van der Waals surface area contributed by atoms with Gasteiger partial charge in [-0.15, -0.1) is 0 Å². The monoisotopic (exact) mass is 488 g/mol. The summed E-state index contributed by atoms with van der Waals surface area (Å²) in [6, 6.07) is 3.19. The van der Waals surface area contributed by atoms with E-state index < -0.39 is 6.04 Å². The van der Waals surface area contributed by atoms with Crippen LogP contribution in [0.5, 0.6) is 0 Å². The Bertz CT molecular complexity index is 709. The first-order valence-corrected chi connectivity index (χ1v) is 13.6. The highest BCUT2D eigenvalue weighted by Gasteiger charge is 2.21. The molecule has 0 radical (unpaired) electrons. The van der Waals surface area contributed by atoms with Crippen LogP contribution in [0, 0.1) is 5.92 Å². The summed E-state index contributed by atoms with van der Waals surface area (Å²) in [5.74, 6) is 0.0161. The predicted molar refractivity (Wildman–Crippen MR) is 142 cm³/mol. The molecule has 0 fully saturated rings. The molecule has 1 heterocycles. The SMILES string of the molecule is CCCCCCCCCCCC(=O)N[C@@H](CC(C)C)C(=O)NCCCC(=O)NCc1ccncc1. The van der Waals surface area contributed by atoms with Crippen molar-refractivity contribution in [2.75, 3.05) is 6.54 Å². The summed E-state index contributed by atoms with van der Waals surface area (Å²) in [6.07, 6.45) is 16.2. The second-order valence-electron chi connectivity index (χ2n) is 9.85. The van der Waals surface area contributed by atoms with Crippen LogP contribution in [0.25, 0.3) is 0 Å². The maximum atomic E-state index is 12.7. The van der Waals surface area contributed by atoms with Crippen molar-refractivity contribution in [3.8, 4) is 0 Å².